The third kappa shape index (κ3) is 3.36. The lowest BCUT2D eigenvalue weighted by Gasteiger charge is -2.14. The van der Waals surface area contributed by atoms with E-state index in [1.165, 1.54) is 0 Å². The van der Waals surface area contributed by atoms with Gasteiger partial charge in [-0.1, -0.05) is 38.2 Å². The molecule has 0 spiro atoms. The number of allylic oxidation sites excluding steroid dienone is 4. The summed E-state index contributed by atoms with van der Waals surface area (Å²) in [6.07, 6.45) is 10.4. The molecule has 0 saturated carbocycles. The van der Waals surface area contributed by atoms with Crippen LogP contribution in [-0.2, 0) is 4.79 Å². The summed E-state index contributed by atoms with van der Waals surface area (Å²) in [5.41, 5.74) is 0. The van der Waals surface area contributed by atoms with Crippen LogP contribution in [0.5, 0.6) is 0 Å². The van der Waals surface area contributed by atoms with Crippen molar-refractivity contribution in [1.82, 2.24) is 0 Å². The second-order valence-electron chi connectivity index (χ2n) is 4.11. The molecule has 1 atom stereocenters. The molecule has 1 aliphatic carbocycles. The van der Waals surface area contributed by atoms with Crippen LogP contribution in [-0.4, -0.2) is 11.1 Å². The quantitative estimate of drug-likeness (QED) is 0.699. The zero-order chi connectivity index (χ0) is 10.6. The van der Waals surface area contributed by atoms with E-state index in [2.05, 4.69) is 31.2 Å². The Morgan fingerprint density at radius 1 is 1.36 bits per heavy atom. The van der Waals surface area contributed by atoms with Crippen LogP contribution < -0.4 is 0 Å². The summed E-state index contributed by atoms with van der Waals surface area (Å²) >= 11 is 0. The van der Waals surface area contributed by atoms with Crippen LogP contribution in [0.1, 0.15) is 26.7 Å². The highest BCUT2D eigenvalue weighted by molar-refractivity contribution is 5.69. The van der Waals surface area contributed by atoms with E-state index < -0.39 is 5.97 Å². The highest BCUT2D eigenvalue weighted by Gasteiger charge is 2.13. The fourth-order valence-electron chi connectivity index (χ4n) is 1.52. The molecule has 1 rings (SSSR count). The molecule has 1 N–H and O–H groups in total. The Hall–Kier alpha value is -1.05. The van der Waals surface area contributed by atoms with Crippen molar-refractivity contribution in [1.29, 1.82) is 0 Å². The summed E-state index contributed by atoms with van der Waals surface area (Å²) in [7, 11) is 0. The molecule has 0 saturated heterocycles. The van der Waals surface area contributed by atoms with E-state index in [0.29, 0.717) is 11.8 Å². The van der Waals surface area contributed by atoms with Crippen LogP contribution in [0.2, 0.25) is 0 Å². The van der Waals surface area contributed by atoms with E-state index in [-0.39, 0.29) is 5.92 Å². The van der Waals surface area contributed by atoms with E-state index in [0.717, 1.165) is 12.8 Å². The lowest BCUT2D eigenvalue weighted by molar-refractivity contribution is -0.141. The van der Waals surface area contributed by atoms with Crippen molar-refractivity contribution in [2.24, 2.45) is 17.8 Å². The second-order valence-corrected chi connectivity index (χ2v) is 4.11. The van der Waals surface area contributed by atoms with Crippen molar-refractivity contribution in [2.45, 2.75) is 26.7 Å². The number of carbonyl (C=O) groups is 1. The van der Waals surface area contributed by atoms with Gasteiger partial charge in [-0.2, -0.15) is 0 Å². The monoisotopic (exact) mass is 194 g/mol. The highest BCUT2D eigenvalue weighted by atomic mass is 16.4. The van der Waals surface area contributed by atoms with Gasteiger partial charge >= 0.3 is 5.97 Å². The summed E-state index contributed by atoms with van der Waals surface area (Å²) in [6, 6.07) is 0. The molecule has 78 valence electrons. The largest absolute Gasteiger partial charge is 0.481 e. The number of hydrogen-bond acceptors (Lipinski definition) is 1. The predicted molar refractivity (Wildman–Crippen MR) is 57.0 cm³/mol. The first kappa shape index (κ1) is 11.0. The summed E-state index contributed by atoms with van der Waals surface area (Å²) in [5.74, 6) is 0.0504. The maximum Gasteiger partial charge on any atom is 0.306 e. The summed E-state index contributed by atoms with van der Waals surface area (Å²) in [5, 5.41) is 8.72. The van der Waals surface area contributed by atoms with Gasteiger partial charge in [-0.15, -0.1) is 0 Å². The van der Waals surface area contributed by atoms with E-state index in [9.17, 15) is 4.79 Å². The highest BCUT2D eigenvalue weighted by Crippen LogP contribution is 2.20. The third-order valence-electron chi connectivity index (χ3n) is 2.68. The minimum atomic E-state index is -0.692. The van der Waals surface area contributed by atoms with Crippen molar-refractivity contribution in [3.05, 3.63) is 24.3 Å². The minimum absolute atomic E-state index is 0.226. The molecule has 0 amide bonds. The van der Waals surface area contributed by atoms with Crippen molar-refractivity contribution >= 4 is 5.97 Å². The molecule has 1 aliphatic rings. The molecule has 0 bridgehead atoms. The van der Waals surface area contributed by atoms with E-state index in [4.69, 9.17) is 5.11 Å². The van der Waals surface area contributed by atoms with Gasteiger partial charge in [-0.25, -0.2) is 0 Å². The summed E-state index contributed by atoms with van der Waals surface area (Å²) in [6.45, 7) is 3.91. The first-order chi connectivity index (χ1) is 6.59. The Kier molecular flexibility index (Phi) is 3.93. The van der Waals surface area contributed by atoms with Gasteiger partial charge in [-0.05, 0) is 24.7 Å². The van der Waals surface area contributed by atoms with Gasteiger partial charge in [0.1, 0.15) is 0 Å². The maximum absolute atomic E-state index is 10.6. The van der Waals surface area contributed by atoms with Crippen LogP contribution in [0.3, 0.4) is 0 Å². The lowest BCUT2D eigenvalue weighted by Crippen LogP contribution is -2.11. The molecule has 0 unspecified atom stereocenters. The topological polar surface area (TPSA) is 37.3 Å². The van der Waals surface area contributed by atoms with Gasteiger partial charge in [0.15, 0.2) is 0 Å². The van der Waals surface area contributed by atoms with Gasteiger partial charge in [0.2, 0.25) is 0 Å². The second kappa shape index (κ2) is 4.99. The maximum atomic E-state index is 10.6. The molecule has 0 aromatic heterocycles. The molecular formula is C12H18O2. The van der Waals surface area contributed by atoms with Gasteiger partial charge in [0.25, 0.3) is 0 Å². The molecular weight excluding hydrogens is 176 g/mol. The van der Waals surface area contributed by atoms with Crippen LogP contribution in [0, 0.1) is 17.8 Å². The molecule has 0 fully saturated rings. The van der Waals surface area contributed by atoms with Crippen LogP contribution in [0.15, 0.2) is 24.3 Å². The van der Waals surface area contributed by atoms with E-state index in [1.54, 1.807) is 6.92 Å². The van der Waals surface area contributed by atoms with Crippen LogP contribution in [0.4, 0.5) is 0 Å². The smallest absolute Gasteiger partial charge is 0.306 e. The van der Waals surface area contributed by atoms with Gasteiger partial charge in [0, 0.05) is 0 Å². The van der Waals surface area contributed by atoms with Crippen molar-refractivity contribution < 1.29 is 9.90 Å². The van der Waals surface area contributed by atoms with Crippen LogP contribution in [0.25, 0.3) is 0 Å². The number of aliphatic carboxylic acids is 1. The number of carboxylic acids is 1. The molecule has 0 aromatic carbocycles. The molecule has 0 aromatic rings. The van der Waals surface area contributed by atoms with E-state index >= 15 is 0 Å². The molecule has 0 radical (unpaired) electrons. The Labute approximate surface area is 85.3 Å². The van der Waals surface area contributed by atoms with Crippen molar-refractivity contribution in [3.8, 4) is 0 Å². The Morgan fingerprint density at radius 2 is 1.93 bits per heavy atom. The average molecular weight is 194 g/mol. The molecule has 2 heteroatoms. The Morgan fingerprint density at radius 3 is 2.43 bits per heavy atom. The van der Waals surface area contributed by atoms with E-state index in [1.807, 2.05) is 0 Å². The average Bonchev–Trinajstić information content (AvgIpc) is 2.16. The normalized spacial score (nSPS) is 27.6. The summed E-state index contributed by atoms with van der Waals surface area (Å²) < 4.78 is 0. The van der Waals surface area contributed by atoms with Gasteiger partial charge in [-0.3, -0.25) is 4.79 Å². The molecule has 0 heterocycles. The first-order valence-corrected chi connectivity index (χ1v) is 5.19. The molecule has 0 aliphatic heterocycles. The zero-order valence-corrected chi connectivity index (χ0v) is 8.81. The third-order valence-corrected chi connectivity index (χ3v) is 2.68. The van der Waals surface area contributed by atoms with Gasteiger partial charge < -0.3 is 5.11 Å². The fraction of sp³-hybridized carbons (Fsp3) is 0.583. The van der Waals surface area contributed by atoms with Crippen molar-refractivity contribution in [3.63, 3.8) is 0 Å². The molecule has 14 heavy (non-hydrogen) atoms. The standard InChI is InChI=1S/C12H18O2/c1-9-3-6-11(7-4-9)8-5-10(2)12(13)14/h3-4,6-7,9-11H,5,8H2,1-2H3,(H,13,14)/t9?,10-,11?/m0/s1. The SMILES string of the molecule is CC1C=CC(CC[C@H](C)C(=O)O)C=C1. The Balaban J connectivity index is 2.29. The minimum Gasteiger partial charge on any atom is -0.481 e. The zero-order valence-electron chi connectivity index (χ0n) is 8.81. The fourth-order valence-corrected chi connectivity index (χ4v) is 1.52. The first-order valence-electron chi connectivity index (χ1n) is 5.19. The van der Waals surface area contributed by atoms with Crippen LogP contribution >= 0.6 is 0 Å². The molecule has 2 nitrogen and oxygen atoms in total. The Bertz CT molecular complexity index is 239. The lowest BCUT2D eigenvalue weighted by atomic mass is 9.91. The van der Waals surface area contributed by atoms with Crippen molar-refractivity contribution in [2.75, 3.05) is 0 Å². The number of carboxylic acid groups (broad SMARTS) is 1. The summed E-state index contributed by atoms with van der Waals surface area (Å²) in [4.78, 5) is 10.6. The van der Waals surface area contributed by atoms with Gasteiger partial charge in [0.05, 0.1) is 5.92 Å². The predicted octanol–water partition coefficient (Wildman–Crippen LogP) is 2.87. The number of hydrogen-bond donors (Lipinski definition) is 1. The number of rotatable bonds is 4.